The fraction of sp³-hybridized carbons (Fsp3) is 0.619. The molecule has 1 aromatic carbocycles. The second kappa shape index (κ2) is 8.19. The first-order valence-electron chi connectivity index (χ1n) is 10.9. The Labute approximate surface area is 178 Å². The lowest BCUT2D eigenvalue weighted by molar-refractivity contribution is -0.125. The van der Waals surface area contributed by atoms with Gasteiger partial charge in [0.1, 0.15) is 12.6 Å². The van der Waals surface area contributed by atoms with E-state index in [0.29, 0.717) is 18.8 Å². The van der Waals surface area contributed by atoms with Crippen LogP contribution in [0.25, 0.3) is 0 Å². The number of piperidine rings is 1. The lowest BCUT2D eigenvalue weighted by atomic mass is 9.96. The van der Waals surface area contributed by atoms with Crippen molar-refractivity contribution in [2.45, 2.75) is 62.9 Å². The van der Waals surface area contributed by atoms with Gasteiger partial charge in [-0.1, -0.05) is 13.8 Å². The zero-order chi connectivity index (χ0) is 21.5. The molecule has 2 fully saturated rings. The lowest BCUT2D eigenvalue weighted by Crippen LogP contribution is -2.57. The van der Waals surface area contributed by atoms with E-state index >= 15 is 0 Å². The third kappa shape index (κ3) is 3.80. The fourth-order valence-electron chi connectivity index (χ4n) is 4.42. The largest absolute Gasteiger partial charge is 0.358 e. The Morgan fingerprint density at radius 1 is 1.13 bits per heavy atom. The van der Waals surface area contributed by atoms with Gasteiger partial charge in [0.15, 0.2) is 0 Å². The van der Waals surface area contributed by atoms with Crippen molar-refractivity contribution < 1.29 is 18.0 Å². The van der Waals surface area contributed by atoms with Crippen LogP contribution in [-0.4, -0.2) is 62.8 Å². The summed E-state index contributed by atoms with van der Waals surface area (Å²) in [6.45, 7) is 5.02. The molecular weight excluding hydrogens is 404 g/mol. The van der Waals surface area contributed by atoms with Crippen LogP contribution >= 0.6 is 0 Å². The van der Waals surface area contributed by atoms with E-state index in [1.165, 1.54) is 9.21 Å². The molecule has 2 aliphatic heterocycles. The number of nitrogens with one attached hydrogen (secondary N) is 1. The highest BCUT2D eigenvalue weighted by molar-refractivity contribution is 7.89. The molecule has 164 valence electrons. The monoisotopic (exact) mass is 434 g/mol. The molecule has 2 heterocycles. The molecule has 1 saturated carbocycles. The lowest BCUT2D eigenvalue weighted by Gasteiger charge is -2.45. The molecule has 2 amide bonds. The van der Waals surface area contributed by atoms with E-state index in [2.05, 4.69) is 10.2 Å². The highest BCUT2D eigenvalue weighted by atomic mass is 32.2. The normalized spacial score (nSPS) is 21.4. The molecule has 1 saturated heterocycles. The van der Waals surface area contributed by atoms with Crippen LogP contribution in [0.5, 0.6) is 0 Å². The fourth-order valence-corrected chi connectivity index (χ4v) is 5.90. The highest BCUT2D eigenvalue weighted by Crippen LogP contribution is 2.41. The molecule has 0 unspecified atom stereocenters. The van der Waals surface area contributed by atoms with E-state index in [9.17, 15) is 18.0 Å². The van der Waals surface area contributed by atoms with Crippen molar-refractivity contribution in [3.8, 4) is 0 Å². The van der Waals surface area contributed by atoms with Gasteiger partial charge in [0.25, 0.3) is 0 Å². The molecule has 0 radical (unpaired) electrons. The standard InChI is InChI=1S/C21H30N4O4S/c1-3-23(4-2)30(28,29)16-10-11-17-19(13-16)25(14-20(26)22-15-8-9-15)21(27)18-7-5-6-12-24(17)18/h10-11,13,15,18H,3-9,12,14H2,1-2H3,(H,22,26)/t18-/m1/s1. The average Bonchev–Trinajstić information content (AvgIpc) is 3.55. The van der Waals surface area contributed by atoms with Gasteiger partial charge in [0.05, 0.1) is 16.3 Å². The molecule has 0 spiro atoms. The number of amides is 2. The Morgan fingerprint density at radius 2 is 1.87 bits per heavy atom. The van der Waals surface area contributed by atoms with Crippen LogP contribution < -0.4 is 15.1 Å². The van der Waals surface area contributed by atoms with E-state index in [1.54, 1.807) is 32.0 Å². The number of hydrogen-bond donors (Lipinski definition) is 1. The first kappa shape index (κ1) is 21.1. The van der Waals surface area contributed by atoms with Crippen molar-refractivity contribution in [2.24, 2.45) is 0 Å². The first-order valence-corrected chi connectivity index (χ1v) is 12.3. The molecule has 30 heavy (non-hydrogen) atoms. The average molecular weight is 435 g/mol. The van der Waals surface area contributed by atoms with Crippen molar-refractivity contribution in [1.82, 2.24) is 9.62 Å². The molecule has 0 bridgehead atoms. The number of hydrogen-bond acceptors (Lipinski definition) is 5. The Bertz CT molecular complexity index is 940. The molecule has 9 heteroatoms. The summed E-state index contributed by atoms with van der Waals surface area (Å²) in [5, 5.41) is 2.93. The zero-order valence-electron chi connectivity index (χ0n) is 17.6. The van der Waals surface area contributed by atoms with Gasteiger partial charge in [0, 0.05) is 25.7 Å². The summed E-state index contributed by atoms with van der Waals surface area (Å²) < 4.78 is 27.5. The van der Waals surface area contributed by atoms with Gasteiger partial charge in [0.2, 0.25) is 21.8 Å². The molecule has 4 rings (SSSR count). The summed E-state index contributed by atoms with van der Waals surface area (Å²) in [7, 11) is -3.67. The SMILES string of the molecule is CCN(CC)S(=O)(=O)c1ccc2c(c1)N(CC(=O)NC1CC1)C(=O)[C@H]1CCCCN21. The first-order chi connectivity index (χ1) is 14.4. The van der Waals surface area contributed by atoms with Gasteiger partial charge in [-0.05, 0) is 50.3 Å². The summed E-state index contributed by atoms with van der Waals surface area (Å²) in [5.74, 6) is -0.316. The second-order valence-electron chi connectivity index (χ2n) is 8.21. The maximum absolute atomic E-state index is 13.3. The molecule has 1 N–H and O–H groups in total. The predicted molar refractivity (Wildman–Crippen MR) is 115 cm³/mol. The molecule has 3 aliphatic rings. The Morgan fingerprint density at radius 3 is 2.53 bits per heavy atom. The molecule has 1 aromatic rings. The van der Waals surface area contributed by atoms with Gasteiger partial charge < -0.3 is 10.2 Å². The van der Waals surface area contributed by atoms with E-state index < -0.39 is 10.0 Å². The topological polar surface area (TPSA) is 90.0 Å². The Hall–Kier alpha value is -2.13. The maximum atomic E-state index is 13.3. The maximum Gasteiger partial charge on any atom is 0.250 e. The Balaban J connectivity index is 1.74. The van der Waals surface area contributed by atoms with Gasteiger partial charge in [-0.25, -0.2) is 8.42 Å². The van der Waals surface area contributed by atoms with Crippen molar-refractivity contribution in [2.75, 3.05) is 36.0 Å². The molecular formula is C21H30N4O4S. The van der Waals surface area contributed by atoms with Crippen LogP contribution in [0.3, 0.4) is 0 Å². The van der Waals surface area contributed by atoms with Crippen LogP contribution in [0.4, 0.5) is 11.4 Å². The van der Waals surface area contributed by atoms with Crippen LogP contribution in [0.1, 0.15) is 46.0 Å². The highest BCUT2D eigenvalue weighted by Gasteiger charge is 2.41. The van der Waals surface area contributed by atoms with Crippen molar-refractivity contribution >= 4 is 33.2 Å². The van der Waals surface area contributed by atoms with Crippen LogP contribution in [0.2, 0.25) is 0 Å². The molecule has 1 atom stereocenters. The summed E-state index contributed by atoms with van der Waals surface area (Å²) >= 11 is 0. The number of nitrogens with zero attached hydrogens (tertiary/aromatic N) is 3. The van der Waals surface area contributed by atoms with Gasteiger partial charge >= 0.3 is 0 Å². The predicted octanol–water partition coefficient (Wildman–Crippen LogP) is 1.70. The molecule has 8 nitrogen and oxygen atoms in total. The van der Waals surface area contributed by atoms with Crippen LogP contribution in [-0.2, 0) is 19.6 Å². The van der Waals surface area contributed by atoms with E-state index in [1.807, 2.05) is 0 Å². The number of benzene rings is 1. The summed E-state index contributed by atoms with van der Waals surface area (Å²) in [4.78, 5) is 29.5. The van der Waals surface area contributed by atoms with Crippen molar-refractivity contribution in [1.29, 1.82) is 0 Å². The van der Waals surface area contributed by atoms with Crippen molar-refractivity contribution in [3.05, 3.63) is 18.2 Å². The van der Waals surface area contributed by atoms with Gasteiger partial charge in [-0.3, -0.25) is 14.5 Å². The van der Waals surface area contributed by atoms with Gasteiger partial charge in [-0.15, -0.1) is 0 Å². The summed E-state index contributed by atoms with van der Waals surface area (Å²) in [6.07, 6.45) is 4.65. The molecule has 1 aliphatic carbocycles. The van der Waals surface area contributed by atoms with Crippen LogP contribution in [0, 0.1) is 0 Å². The second-order valence-corrected chi connectivity index (χ2v) is 10.1. The van der Waals surface area contributed by atoms with Gasteiger partial charge in [-0.2, -0.15) is 4.31 Å². The number of carbonyl (C=O) groups excluding carboxylic acids is 2. The minimum absolute atomic E-state index is 0.0819. The Kier molecular flexibility index (Phi) is 5.76. The number of anilines is 2. The smallest absolute Gasteiger partial charge is 0.250 e. The third-order valence-electron chi connectivity index (χ3n) is 6.19. The summed E-state index contributed by atoms with van der Waals surface area (Å²) in [6, 6.07) is 4.90. The third-order valence-corrected chi connectivity index (χ3v) is 8.23. The number of fused-ring (bicyclic) bond motifs is 3. The minimum atomic E-state index is -3.67. The van der Waals surface area contributed by atoms with E-state index in [-0.39, 0.29) is 35.3 Å². The minimum Gasteiger partial charge on any atom is -0.358 e. The number of rotatable bonds is 7. The zero-order valence-corrected chi connectivity index (χ0v) is 18.5. The van der Waals surface area contributed by atoms with Crippen molar-refractivity contribution in [3.63, 3.8) is 0 Å². The van der Waals surface area contributed by atoms with Crippen LogP contribution in [0.15, 0.2) is 23.1 Å². The number of carbonyl (C=O) groups is 2. The van der Waals surface area contributed by atoms with E-state index in [4.69, 9.17) is 0 Å². The van der Waals surface area contributed by atoms with E-state index in [0.717, 1.165) is 44.3 Å². The molecule has 0 aromatic heterocycles. The number of sulfonamides is 1. The quantitative estimate of drug-likeness (QED) is 0.706. The summed E-state index contributed by atoms with van der Waals surface area (Å²) in [5.41, 5.74) is 1.34.